The first-order chi connectivity index (χ1) is 30.4. The van der Waals surface area contributed by atoms with Crippen LogP contribution in [0.5, 0.6) is 5.75 Å². The van der Waals surface area contributed by atoms with Gasteiger partial charge in [0.15, 0.2) is 0 Å². The summed E-state index contributed by atoms with van der Waals surface area (Å²) >= 11 is 0. The lowest BCUT2D eigenvalue weighted by molar-refractivity contribution is 0.0959. The first-order valence-corrected chi connectivity index (χ1v) is 21.6. The summed E-state index contributed by atoms with van der Waals surface area (Å²) in [5, 5.41) is 1.08. The maximum Gasteiger partial charge on any atom is 0.297 e. The molecule has 8 aromatic carbocycles. The lowest BCUT2D eigenvalue weighted by atomic mass is 9.35. The molecule has 2 unspecified atom stereocenters. The molecule has 0 fully saturated rings. The van der Waals surface area contributed by atoms with Crippen LogP contribution in [0.3, 0.4) is 0 Å². The molecule has 6 heteroatoms. The van der Waals surface area contributed by atoms with Gasteiger partial charge in [-0.1, -0.05) is 142 Å². The molecule has 0 aliphatic carbocycles. The second-order valence-electron chi connectivity index (χ2n) is 17.7. The van der Waals surface area contributed by atoms with Gasteiger partial charge in [-0.05, 0) is 101 Å². The van der Waals surface area contributed by atoms with Crippen LogP contribution >= 0.6 is 0 Å². The predicted octanol–water partition coefficient (Wildman–Crippen LogP) is 12.9. The first kappa shape index (κ1) is 36.4. The summed E-state index contributed by atoms with van der Waals surface area (Å²) in [7, 11) is 0. The summed E-state index contributed by atoms with van der Waals surface area (Å²) in [6.07, 6.45) is -0.0966. The highest BCUT2D eigenvalue weighted by Gasteiger charge is 2.51. The molecular weight excluding hydrogens is 757 g/mol. The van der Waals surface area contributed by atoms with Crippen LogP contribution in [-0.2, 0) is 0 Å². The van der Waals surface area contributed by atoms with E-state index in [1.807, 2.05) is 0 Å². The number of fused-ring (bicyclic) bond motifs is 8. The molecule has 1 aromatic heterocycles. The molecule has 9 aromatic rings. The summed E-state index contributed by atoms with van der Waals surface area (Å²) in [5.74, 6) is 0.904. The van der Waals surface area contributed by atoms with Crippen molar-refractivity contribution in [2.75, 3.05) is 14.7 Å². The van der Waals surface area contributed by atoms with Crippen LogP contribution in [-0.4, -0.2) is 12.8 Å². The molecule has 298 valence electrons. The zero-order valence-electron chi connectivity index (χ0n) is 34.9. The van der Waals surface area contributed by atoms with E-state index in [2.05, 4.69) is 236 Å². The van der Waals surface area contributed by atoms with E-state index in [0.29, 0.717) is 0 Å². The van der Waals surface area contributed by atoms with Crippen molar-refractivity contribution >= 4 is 85.5 Å². The fourth-order valence-corrected chi connectivity index (χ4v) is 10.4. The molecule has 0 saturated heterocycles. The molecule has 0 saturated carbocycles. The van der Waals surface area contributed by atoms with E-state index in [4.69, 9.17) is 9.15 Å². The molecule has 2 atom stereocenters. The van der Waals surface area contributed by atoms with Crippen molar-refractivity contribution in [3.63, 3.8) is 0 Å². The van der Waals surface area contributed by atoms with Gasteiger partial charge in [0.2, 0.25) is 0 Å². The van der Waals surface area contributed by atoms with E-state index >= 15 is 0 Å². The highest BCUT2D eigenvalue weighted by atomic mass is 16.5. The quantitative estimate of drug-likeness (QED) is 0.156. The van der Waals surface area contributed by atoms with Crippen molar-refractivity contribution in [2.24, 2.45) is 5.41 Å². The summed E-state index contributed by atoms with van der Waals surface area (Å²) in [4.78, 5) is 7.36. The fourth-order valence-electron chi connectivity index (χ4n) is 10.4. The Balaban J connectivity index is 1.24. The van der Waals surface area contributed by atoms with Crippen molar-refractivity contribution in [1.82, 2.24) is 0 Å². The van der Waals surface area contributed by atoms with Crippen LogP contribution in [0, 0.1) is 5.41 Å². The number of ether oxygens (including phenoxy) is 1. The Labute approximate surface area is 363 Å². The molecule has 0 amide bonds. The second-order valence-corrected chi connectivity index (χ2v) is 17.7. The van der Waals surface area contributed by atoms with Gasteiger partial charge in [0.25, 0.3) is 6.71 Å². The SMILES string of the molecule is CC(C)(C)C1Oc2ccc3c(c2C1c1ccccc1)N(c1ccccc1)c1cc(N(c2ccccc2)c2ccccc2)cc2c1B3c1oc3ccccc3c1N2c1ccccc1. The monoisotopic (exact) mass is 801 g/mol. The van der Waals surface area contributed by atoms with Gasteiger partial charge in [-0.15, -0.1) is 0 Å². The van der Waals surface area contributed by atoms with Crippen molar-refractivity contribution in [1.29, 1.82) is 0 Å². The number of para-hydroxylation sites is 5. The first-order valence-electron chi connectivity index (χ1n) is 21.6. The molecular formula is C56H44BN3O2. The molecule has 0 radical (unpaired) electrons. The van der Waals surface area contributed by atoms with Gasteiger partial charge in [-0.2, -0.15) is 0 Å². The number of furan rings is 1. The number of anilines is 9. The maximum absolute atomic E-state index is 7.21. The van der Waals surface area contributed by atoms with E-state index in [1.165, 1.54) is 22.1 Å². The summed E-state index contributed by atoms with van der Waals surface area (Å²) in [5.41, 5.74) is 16.3. The van der Waals surface area contributed by atoms with Crippen LogP contribution in [0.1, 0.15) is 37.8 Å². The topological polar surface area (TPSA) is 32.1 Å². The third kappa shape index (κ3) is 5.56. The molecule has 0 spiro atoms. The van der Waals surface area contributed by atoms with Crippen molar-refractivity contribution in [3.05, 3.63) is 211 Å². The fraction of sp³-hybridized carbons (Fsp3) is 0.107. The molecule has 4 heterocycles. The Morgan fingerprint density at radius 3 is 1.63 bits per heavy atom. The van der Waals surface area contributed by atoms with Gasteiger partial charge in [0.05, 0.1) is 23.0 Å². The van der Waals surface area contributed by atoms with Gasteiger partial charge >= 0.3 is 0 Å². The Bertz CT molecular complexity index is 3070. The van der Waals surface area contributed by atoms with Crippen LogP contribution in [0.4, 0.5) is 51.2 Å². The highest BCUT2D eigenvalue weighted by Crippen LogP contribution is 2.56. The molecule has 0 N–H and O–H groups in total. The number of benzene rings is 8. The maximum atomic E-state index is 7.21. The van der Waals surface area contributed by atoms with Crippen LogP contribution < -0.4 is 36.0 Å². The predicted molar refractivity (Wildman–Crippen MR) is 257 cm³/mol. The molecule has 3 aliphatic rings. The molecule has 12 rings (SSSR count). The molecule has 5 nitrogen and oxygen atoms in total. The van der Waals surface area contributed by atoms with E-state index in [0.717, 1.165) is 73.6 Å². The minimum absolute atomic E-state index is 0.0266. The smallest absolute Gasteiger partial charge is 0.297 e. The van der Waals surface area contributed by atoms with Crippen LogP contribution in [0.2, 0.25) is 0 Å². The van der Waals surface area contributed by atoms with Crippen LogP contribution in [0.15, 0.2) is 205 Å². The average Bonchev–Trinajstić information content (AvgIpc) is 3.91. The second kappa shape index (κ2) is 14.1. The number of nitrogens with zero attached hydrogens (tertiary/aromatic N) is 3. The Morgan fingerprint density at radius 2 is 1.05 bits per heavy atom. The van der Waals surface area contributed by atoms with Gasteiger partial charge in [0, 0.05) is 50.8 Å². The number of hydrogen-bond acceptors (Lipinski definition) is 5. The zero-order chi connectivity index (χ0) is 41.5. The Hall–Kier alpha value is -7.44. The van der Waals surface area contributed by atoms with Crippen molar-refractivity contribution in [3.8, 4) is 5.75 Å². The van der Waals surface area contributed by atoms with Crippen LogP contribution in [0.25, 0.3) is 11.0 Å². The standard InChI is InChI=1S/C56H44BN3O2/c1-56(2,3)54-49(37-21-9-4-10-22-37)50-48(61-54)34-33-44-53(50)60(41-29-17-8-18-30-41)46-36-42(58(38-23-11-5-12-24-38)39-25-13-6-14-26-39)35-45-51(46)57(44)55-52(43-31-19-20-32-47(43)62-55)59(45)40-27-15-7-16-28-40/h4-36,49,54H,1-3H3. The molecule has 3 aliphatic heterocycles. The van der Waals surface area contributed by atoms with Gasteiger partial charge in [0.1, 0.15) is 17.4 Å². The lowest BCUT2D eigenvalue weighted by Gasteiger charge is -2.44. The largest absolute Gasteiger partial charge is 0.488 e. The summed E-state index contributed by atoms with van der Waals surface area (Å²) < 4.78 is 14.4. The van der Waals surface area contributed by atoms with Crippen molar-refractivity contribution < 1.29 is 9.15 Å². The van der Waals surface area contributed by atoms with E-state index in [1.54, 1.807) is 0 Å². The lowest BCUT2D eigenvalue weighted by Crippen LogP contribution is -2.61. The van der Waals surface area contributed by atoms with E-state index < -0.39 is 0 Å². The summed E-state index contributed by atoms with van der Waals surface area (Å²) in [6, 6.07) is 72.0. The average molecular weight is 802 g/mol. The van der Waals surface area contributed by atoms with Crippen molar-refractivity contribution in [2.45, 2.75) is 32.8 Å². The third-order valence-corrected chi connectivity index (χ3v) is 12.9. The summed E-state index contributed by atoms with van der Waals surface area (Å²) in [6.45, 7) is 6.69. The number of rotatable bonds is 6. The molecule has 0 bridgehead atoms. The normalized spacial score (nSPS) is 16.0. The molecule has 62 heavy (non-hydrogen) atoms. The van der Waals surface area contributed by atoms with E-state index in [9.17, 15) is 0 Å². The minimum Gasteiger partial charge on any atom is -0.488 e. The van der Waals surface area contributed by atoms with E-state index in [-0.39, 0.29) is 24.1 Å². The number of hydrogen-bond donors (Lipinski definition) is 0. The Kier molecular flexibility index (Phi) is 8.26. The zero-order valence-corrected chi connectivity index (χ0v) is 34.9. The highest BCUT2D eigenvalue weighted by molar-refractivity contribution is 7.00. The third-order valence-electron chi connectivity index (χ3n) is 12.9. The van der Waals surface area contributed by atoms with Gasteiger partial charge < -0.3 is 23.9 Å². The Morgan fingerprint density at radius 1 is 0.532 bits per heavy atom. The van der Waals surface area contributed by atoms with Gasteiger partial charge in [-0.3, -0.25) is 0 Å². The minimum atomic E-state index is -0.219. The van der Waals surface area contributed by atoms with Gasteiger partial charge in [-0.25, -0.2) is 0 Å².